The number of nitrogens with one attached hydrogen (secondary N) is 2. The first-order valence-electron chi connectivity index (χ1n) is 10.0. The molecular formula is C22H26N3O5+. The molecule has 2 heterocycles. The van der Waals surface area contributed by atoms with E-state index in [0.717, 1.165) is 37.6 Å². The highest BCUT2D eigenvalue weighted by Crippen LogP contribution is 2.37. The SMILES string of the molecule is COc1ccccc1N1CC[NH+](CC(=O)Nc2cc3c(cc2C(C)=O)OCO3)CC1. The van der Waals surface area contributed by atoms with Crippen LogP contribution in [0.15, 0.2) is 36.4 Å². The van der Waals surface area contributed by atoms with Crippen LogP contribution in [-0.2, 0) is 4.79 Å². The maximum atomic E-state index is 12.7. The number of ether oxygens (including phenoxy) is 3. The van der Waals surface area contributed by atoms with Gasteiger partial charge in [0.25, 0.3) is 5.91 Å². The predicted molar refractivity (Wildman–Crippen MR) is 112 cm³/mol. The summed E-state index contributed by atoms with van der Waals surface area (Å²) in [5.74, 6) is 1.65. The van der Waals surface area contributed by atoms with Gasteiger partial charge in [0.2, 0.25) is 6.79 Å². The maximum Gasteiger partial charge on any atom is 0.279 e. The number of para-hydroxylation sites is 2. The predicted octanol–water partition coefficient (Wildman–Crippen LogP) is 0.970. The summed E-state index contributed by atoms with van der Waals surface area (Å²) in [6, 6.07) is 11.3. The molecule has 2 aliphatic rings. The van der Waals surface area contributed by atoms with Crippen LogP contribution in [-0.4, -0.2) is 58.3 Å². The average molecular weight is 412 g/mol. The van der Waals surface area contributed by atoms with Crippen molar-refractivity contribution in [3.05, 3.63) is 42.0 Å². The molecule has 0 spiro atoms. The minimum Gasteiger partial charge on any atom is -0.495 e. The first-order valence-corrected chi connectivity index (χ1v) is 10.0. The topological polar surface area (TPSA) is 81.5 Å². The van der Waals surface area contributed by atoms with Crippen LogP contribution in [0.2, 0.25) is 0 Å². The summed E-state index contributed by atoms with van der Waals surface area (Å²) in [5.41, 5.74) is 1.96. The van der Waals surface area contributed by atoms with Crippen molar-refractivity contribution in [2.75, 3.05) is 56.8 Å². The number of Topliss-reactive ketones (excluding diaryl/α,β-unsaturated/α-hetero) is 1. The van der Waals surface area contributed by atoms with E-state index in [1.165, 1.54) is 11.8 Å². The van der Waals surface area contributed by atoms with Crippen molar-refractivity contribution in [1.29, 1.82) is 0 Å². The van der Waals surface area contributed by atoms with Gasteiger partial charge in [-0.3, -0.25) is 9.59 Å². The van der Waals surface area contributed by atoms with Crippen molar-refractivity contribution < 1.29 is 28.7 Å². The molecule has 0 unspecified atom stereocenters. The third-order valence-electron chi connectivity index (χ3n) is 5.47. The Labute approximate surface area is 175 Å². The number of hydrogen-bond acceptors (Lipinski definition) is 6. The molecular weight excluding hydrogens is 386 g/mol. The fourth-order valence-electron chi connectivity index (χ4n) is 3.89. The number of benzene rings is 2. The summed E-state index contributed by atoms with van der Waals surface area (Å²) in [6.07, 6.45) is 0. The Morgan fingerprint density at radius 3 is 2.53 bits per heavy atom. The lowest BCUT2D eigenvalue weighted by molar-refractivity contribution is -0.892. The molecule has 8 heteroatoms. The second-order valence-electron chi connectivity index (χ2n) is 7.44. The molecule has 1 saturated heterocycles. The van der Waals surface area contributed by atoms with E-state index >= 15 is 0 Å². The lowest BCUT2D eigenvalue weighted by atomic mass is 10.1. The van der Waals surface area contributed by atoms with Gasteiger partial charge >= 0.3 is 0 Å². The first kappa shape index (κ1) is 20.0. The van der Waals surface area contributed by atoms with Crippen molar-refractivity contribution >= 4 is 23.1 Å². The second-order valence-corrected chi connectivity index (χ2v) is 7.44. The molecule has 0 aromatic heterocycles. The number of methoxy groups -OCH3 is 1. The number of ketones is 1. The highest BCUT2D eigenvalue weighted by atomic mass is 16.7. The van der Waals surface area contributed by atoms with Crippen molar-refractivity contribution in [3.8, 4) is 17.2 Å². The molecule has 0 bridgehead atoms. The highest BCUT2D eigenvalue weighted by molar-refractivity contribution is 6.04. The van der Waals surface area contributed by atoms with Gasteiger partial charge in [-0.2, -0.15) is 0 Å². The fourth-order valence-corrected chi connectivity index (χ4v) is 3.89. The van der Waals surface area contributed by atoms with E-state index in [9.17, 15) is 9.59 Å². The van der Waals surface area contributed by atoms with Crippen LogP contribution in [0.5, 0.6) is 17.2 Å². The fraction of sp³-hybridized carbons (Fsp3) is 0.364. The molecule has 2 aromatic rings. The summed E-state index contributed by atoms with van der Waals surface area (Å²) in [5, 5.41) is 2.88. The quantitative estimate of drug-likeness (QED) is 0.689. The largest absolute Gasteiger partial charge is 0.495 e. The number of rotatable bonds is 6. The standard InChI is InChI=1S/C22H25N3O5/c1-15(26)16-11-20-21(30-14-29-20)12-17(16)23-22(27)13-24-7-9-25(10-8-24)18-5-3-4-6-19(18)28-2/h3-6,11-12H,7-10,13-14H2,1-2H3,(H,23,27)/p+1. The number of carbonyl (C=O) groups is 2. The molecule has 2 N–H and O–H groups in total. The third-order valence-corrected chi connectivity index (χ3v) is 5.47. The lowest BCUT2D eigenvalue weighted by Crippen LogP contribution is -3.15. The molecule has 158 valence electrons. The van der Waals surface area contributed by atoms with E-state index in [0.29, 0.717) is 29.3 Å². The van der Waals surface area contributed by atoms with Crippen LogP contribution >= 0.6 is 0 Å². The number of quaternary nitrogens is 1. The average Bonchev–Trinajstić information content (AvgIpc) is 3.21. The minimum atomic E-state index is -0.138. The Morgan fingerprint density at radius 1 is 1.13 bits per heavy atom. The van der Waals surface area contributed by atoms with E-state index in [1.807, 2.05) is 18.2 Å². The van der Waals surface area contributed by atoms with Crippen LogP contribution in [0, 0.1) is 0 Å². The van der Waals surface area contributed by atoms with Gasteiger partial charge < -0.3 is 29.3 Å². The van der Waals surface area contributed by atoms with Crippen molar-refractivity contribution in [2.45, 2.75) is 6.92 Å². The van der Waals surface area contributed by atoms with Gasteiger partial charge in [0, 0.05) is 11.6 Å². The van der Waals surface area contributed by atoms with Gasteiger partial charge in [-0.25, -0.2) is 0 Å². The molecule has 4 rings (SSSR count). The molecule has 8 nitrogen and oxygen atoms in total. The van der Waals surface area contributed by atoms with Crippen LogP contribution in [0.3, 0.4) is 0 Å². The maximum absolute atomic E-state index is 12.7. The number of piperazine rings is 1. The first-order chi connectivity index (χ1) is 14.5. The molecule has 1 fully saturated rings. The summed E-state index contributed by atoms with van der Waals surface area (Å²) in [7, 11) is 1.68. The van der Waals surface area contributed by atoms with Gasteiger partial charge in [0.1, 0.15) is 5.75 Å². The molecule has 1 amide bonds. The van der Waals surface area contributed by atoms with Gasteiger partial charge in [-0.05, 0) is 25.1 Å². The van der Waals surface area contributed by atoms with Crippen LogP contribution in [0.4, 0.5) is 11.4 Å². The molecule has 0 saturated carbocycles. The Balaban J connectivity index is 1.36. The van der Waals surface area contributed by atoms with Crippen LogP contribution in [0.1, 0.15) is 17.3 Å². The smallest absolute Gasteiger partial charge is 0.279 e. The van der Waals surface area contributed by atoms with E-state index in [2.05, 4.69) is 16.3 Å². The third kappa shape index (κ3) is 4.18. The zero-order valence-electron chi connectivity index (χ0n) is 17.2. The molecule has 30 heavy (non-hydrogen) atoms. The van der Waals surface area contributed by atoms with Gasteiger partial charge in [0.05, 0.1) is 44.7 Å². The number of carbonyl (C=O) groups excluding carboxylic acids is 2. The van der Waals surface area contributed by atoms with E-state index in [4.69, 9.17) is 14.2 Å². The van der Waals surface area contributed by atoms with Crippen molar-refractivity contribution in [2.24, 2.45) is 0 Å². The monoisotopic (exact) mass is 412 g/mol. The Morgan fingerprint density at radius 2 is 1.83 bits per heavy atom. The lowest BCUT2D eigenvalue weighted by Gasteiger charge is -2.34. The Kier molecular flexibility index (Phi) is 5.76. The molecule has 0 aliphatic carbocycles. The molecule has 2 aromatic carbocycles. The summed E-state index contributed by atoms with van der Waals surface area (Å²) < 4.78 is 16.2. The summed E-state index contributed by atoms with van der Waals surface area (Å²) in [6.45, 7) is 5.28. The minimum absolute atomic E-state index is 0.116. The number of hydrogen-bond donors (Lipinski definition) is 2. The molecule has 0 atom stereocenters. The number of nitrogens with zero attached hydrogens (tertiary/aromatic N) is 1. The summed E-state index contributed by atoms with van der Waals surface area (Å²) in [4.78, 5) is 28.1. The Bertz CT molecular complexity index is 954. The zero-order valence-corrected chi connectivity index (χ0v) is 17.2. The van der Waals surface area contributed by atoms with E-state index < -0.39 is 0 Å². The van der Waals surface area contributed by atoms with Crippen molar-refractivity contribution in [3.63, 3.8) is 0 Å². The van der Waals surface area contributed by atoms with Gasteiger partial charge in [-0.15, -0.1) is 0 Å². The molecule has 0 radical (unpaired) electrons. The molecule has 2 aliphatic heterocycles. The van der Waals surface area contributed by atoms with Gasteiger partial charge in [0.15, 0.2) is 23.8 Å². The van der Waals surface area contributed by atoms with E-state index in [-0.39, 0.29) is 18.5 Å². The summed E-state index contributed by atoms with van der Waals surface area (Å²) >= 11 is 0. The number of amides is 1. The van der Waals surface area contributed by atoms with E-state index in [1.54, 1.807) is 19.2 Å². The van der Waals surface area contributed by atoms with Gasteiger partial charge in [-0.1, -0.05) is 12.1 Å². The highest BCUT2D eigenvalue weighted by Gasteiger charge is 2.25. The van der Waals surface area contributed by atoms with Crippen LogP contribution < -0.4 is 29.3 Å². The van der Waals surface area contributed by atoms with Crippen molar-refractivity contribution in [1.82, 2.24) is 0 Å². The second kappa shape index (κ2) is 8.62. The number of fused-ring (bicyclic) bond motifs is 1. The number of anilines is 2. The normalized spacial score (nSPS) is 15.7. The Hall–Kier alpha value is -3.26. The van der Waals surface area contributed by atoms with Crippen LogP contribution in [0.25, 0.3) is 0 Å². The zero-order chi connectivity index (χ0) is 21.1.